The van der Waals surface area contributed by atoms with E-state index in [2.05, 4.69) is 10.6 Å². The Morgan fingerprint density at radius 1 is 1.30 bits per heavy atom. The summed E-state index contributed by atoms with van der Waals surface area (Å²) in [5.74, 6) is -0.257. The van der Waals surface area contributed by atoms with E-state index >= 15 is 0 Å². The summed E-state index contributed by atoms with van der Waals surface area (Å²) in [6, 6.07) is 6.43. The predicted molar refractivity (Wildman–Crippen MR) is 86.7 cm³/mol. The summed E-state index contributed by atoms with van der Waals surface area (Å²) in [4.78, 5) is 12.7. The smallest absolute Gasteiger partial charge is 0.230 e. The topological polar surface area (TPSA) is 50.4 Å². The van der Waals surface area contributed by atoms with Crippen molar-refractivity contribution >= 4 is 5.91 Å². The molecular formula is C18H25FN2O2. The van der Waals surface area contributed by atoms with Crippen LogP contribution < -0.4 is 10.6 Å². The number of benzene rings is 1. The minimum absolute atomic E-state index is 0.00762. The number of ether oxygens (including phenoxy) is 1. The number of nitrogens with one attached hydrogen (secondary N) is 2. The quantitative estimate of drug-likeness (QED) is 0.843. The summed E-state index contributed by atoms with van der Waals surface area (Å²) in [7, 11) is 1.71. The van der Waals surface area contributed by atoms with Crippen LogP contribution in [0, 0.1) is 11.2 Å². The van der Waals surface area contributed by atoms with E-state index in [1.54, 1.807) is 13.2 Å². The van der Waals surface area contributed by atoms with Crippen molar-refractivity contribution in [3.63, 3.8) is 0 Å². The number of hydrogen-bond donors (Lipinski definition) is 2. The van der Waals surface area contributed by atoms with E-state index < -0.39 is 5.41 Å². The van der Waals surface area contributed by atoms with E-state index in [-0.39, 0.29) is 17.1 Å². The molecule has 2 fully saturated rings. The molecule has 2 aliphatic rings. The Morgan fingerprint density at radius 2 is 2.04 bits per heavy atom. The highest BCUT2D eigenvalue weighted by Gasteiger charge is 2.51. The monoisotopic (exact) mass is 320 g/mol. The van der Waals surface area contributed by atoms with Crippen LogP contribution in [0.1, 0.15) is 31.2 Å². The third kappa shape index (κ3) is 3.40. The lowest BCUT2D eigenvalue weighted by molar-refractivity contribution is -0.124. The Bertz CT molecular complexity index is 560. The minimum atomic E-state index is -0.525. The number of rotatable bonds is 6. The fraction of sp³-hybridized carbons (Fsp3) is 0.611. The molecular weight excluding hydrogens is 295 g/mol. The Labute approximate surface area is 136 Å². The zero-order valence-corrected chi connectivity index (χ0v) is 13.7. The lowest BCUT2D eigenvalue weighted by atomic mass is 9.79. The summed E-state index contributed by atoms with van der Waals surface area (Å²) >= 11 is 0. The molecule has 23 heavy (non-hydrogen) atoms. The molecule has 1 heterocycles. The lowest BCUT2D eigenvalue weighted by Gasteiger charge is -2.37. The molecule has 126 valence electrons. The minimum Gasteiger partial charge on any atom is -0.384 e. The van der Waals surface area contributed by atoms with Crippen LogP contribution in [0.5, 0.6) is 0 Å². The van der Waals surface area contributed by atoms with Gasteiger partial charge in [0.2, 0.25) is 5.91 Å². The van der Waals surface area contributed by atoms with Crippen LogP contribution in [-0.2, 0) is 14.9 Å². The Balaban J connectivity index is 1.66. The van der Waals surface area contributed by atoms with Crippen molar-refractivity contribution in [2.45, 2.75) is 31.1 Å². The van der Waals surface area contributed by atoms with Gasteiger partial charge in [0.25, 0.3) is 0 Å². The first-order chi connectivity index (χ1) is 11.1. The van der Waals surface area contributed by atoms with Crippen molar-refractivity contribution < 1.29 is 13.9 Å². The summed E-state index contributed by atoms with van der Waals surface area (Å²) in [5, 5.41) is 6.48. The van der Waals surface area contributed by atoms with Crippen molar-refractivity contribution in [2.75, 3.05) is 33.4 Å². The molecule has 3 rings (SSSR count). The molecule has 0 bridgehead atoms. The van der Waals surface area contributed by atoms with Gasteiger partial charge in [0, 0.05) is 19.1 Å². The molecule has 1 saturated carbocycles. The molecule has 1 aliphatic heterocycles. The van der Waals surface area contributed by atoms with E-state index in [9.17, 15) is 9.18 Å². The van der Waals surface area contributed by atoms with E-state index in [1.807, 2.05) is 6.07 Å². The van der Waals surface area contributed by atoms with Crippen molar-refractivity contribution in [3.05, 3.63) is 35.6 Å². The van der Waals surface area contributed by atoms with E-state index in [4.69, 9.17) is 4.74 Å². The predicted octanol–water partition coefficient (Wildman–Crippen LogP) is 1.99. The average molecular weight is 320 g/mol. The summed E-state index contributed by atoms with van der Waals surface area (Å²) in [6.07, 6.45) is 3.57. The number of carbonyl (C=O) groups excluding carboxylic acids is 1. The molecule has 0 atom stereocenters. The molecule has 1 amide bonds. The van der Waals surface area contributed by atoms with E-state index in [0.717, 1.165) is 44.3 Å². The van der Waals surface area contributed by atoms with Crippen LogP contribution in [-0.4, -0.2) is 39.3 Å². The molecule has 0 radical (unpaired) electrons. The van der Waals surface area contributed by atoms with Gasteiger partial charge in [0.15, 0.2) is 0 Å². The van der Waals surface area contributed by atoms with Crippen molar-refractivity contribution in [2.24, 2.45) is 5.41 Å². The molecule has 4 nitrogen and oxygen atoms in total. The zero-order valence-electron chi connectivity index (χ0n) is 13.7. The van der Waals surface area contributed by atoms with Gasteiger partial charge < -0.3 is 15.4 Å². The fourth-order valence-corrected chi connectivity index (χ4v) is 3.63. The number of carbonyl (C=O) groups is 1. The number of methoxy groups -OCH3 is 1. The van der Waals surface area contributed by atoms with Crippen LogP contribution in [0.2, 0.25) is 0 Å². The third-order valence-corrected chi connectivity index (χ3v) is 5.30. The first kappa shape index (κ1) is 16.4. The first-order valence-electron chi connectivity index (χ1n) is 8.34. The second-order valence-corrected chi connectivity index (χ2v) is 6.96. The highest BCUT2D eigenvalue weighted by atomic mass is 19.1. The zero-order chi connectivity index (χ0) is 16.3. The van der Waals surface area contributed by atoms with Crippen LogP contribution in [0.3, 0.4) is 0 Å². The van der Waals surface area contributed by atoms with Crippen molar-refractivity contribution in [1.29, 1.82) is 0 Å². The molecule has 1 aromatic carbocycles. The molecule has 5 heteroatoms. The summed E-state index contributed by atoms with van der Waals surface area (Å²) < 4.78 is 18.9. The molecule has 1 aromatic rings. The van der Waals surface area contributed by atoms with Gasteiger partial charge in [-0.15, -0.1) is 0 Å². The van der Waals surface area contributed by atoms with Crippen LogP contribution in [0.15, 0.2) is 24.3 Å². The highest BCUT2D eigenvalue weighted by molar-refractivity contribution is 5.91. The normalized spacial score (nSPS) is 21.7. The van der Waals surface area contributed by atoms with Gasteiger partial charge in [-0.25, -0.2) is 4.39 Å². The number of amides is 1. The second kappa shape index (κ2) is 6.57. The van der Waals surface area contributed by atoms with Gasteiger partial charge in [-0.2, -0.15) is 0 Å². The van der Waals surface area contributed by atoms with Crippen LogP contribution in [0.4, 0.5) is 4.39 Å². The van der Waals surface area contributed by atoms with Gasteiger partial charge in [0.1, 0.15) is 5.82 Å². The SMILES string of the molecule is COCC1(CNC(=O)C2(c3cccc(F)c3)CC2)CCNCC1. The molecule has 1 saturated heterocycles. The maximum atomic E-state index is 13.5. The lowest BCUT2D eigenvalue weighted by Crippen LogP contribution is -2.49. The molecule has 0 spiro atoms. The van der Waals surface area contributed by atoms with E-state index in [0.29, 0.717) is 13.2 Å². The highest BCUT2D eigenvalue weighted by Crippen LogP contribution is 2.48. The van der Waals surface area contributed by atoms with Gasteiger partial charge in [-0.05, 0) is 56.5 Å². The standard InChI is InChI=1S/C18H25FN2O2/c1-23-13-17(7-9-20-10-8-17)12-21-16(22)18(5-6-18)14-3-2-4-15(19)11-14/h2-4,11,20H,5-10,12-13H2,1H3,(H,21,22). The molecule has 0 aromatic heterocycles. The van der Waals surface area contributed by atoms with Crippen molar-refractivity contribution in [1.82, 2.24) is 10.6 Å². The molecule has 0 unspecified atom stereocenters. The van der Waals surface area contributed by atoms with Gasteiger partial charge in [-0.1, -0.05) is 12.1 Å². The van der Waals surface area contributed by atoms with Crippen molar-refractivity contribution in [3.8, 4) is 0 Å². The van der Waals surface area contributed by atoms with Gasteiger partial charge in [-0.3, -0.25) is 4.79 Å². The Morgan fingerprint density at radius 3 is 2.65 bits per heavy atom. The Hall–Kier alpha value is -1.46. The van der Waals surface area contributed by atoms with Crippen LogP contribution >= 0.6 is 0 Å². The largest absolute Gasteiger partial charge is 0.384 e. The van der Waals surface area contributed by atoms with Gasteiger partial charge >= 0.3 is 0 Å². The number of halogens is 1. The summed E-state index contributed by atoms with van der Waals surface area (Å²) in [6.45, 7) is 3.18. The first-order valence-corrected chi connectivity index (χ1v) is 8.34. The maximum absolute atomic E-state index is 13.5. The third-order valence-electron chi connectivity index (χ3n) is 5.30. The van der Waals surface area contributed by atoms with Crippen LogP contribution in [0.25, 0.3) is 0 Å². The second-order valence-electron chi connectivity index (χ2n) is 6.96. The number of piperidine rings is 1. The maximum Gasteiger partial charge on any atom is 0.230 e. The molecule has 1 aliphatic carbocycles. The average Bonchev–Trinajstić information content (AvgIpc) is 3.36. The summed E-state index contributed by atoms with van der Waals surface area (Å²) in [5.41, 5.74) is 0.276. The Kier molecular flexibility index (Phi) is 4.69. The number of hydrogen-bond acceptors (Lipinski definition) is 3. The molecule has 2 N–H and O–H groups in total. The van der Waals surface area contributed by atoms with E-state index in [1.165, 1.54) is 12.1 Å². The van der Waals surface area contributed by atoms with Gasteiger partial charge in [0.05, 0.1) is 12.0 Å². The fourth-order valence-electron chi connectivity index (χ4n) is 3.63.